The van der Waals surface area contributed by atoms with Crippen molar-refractivity contribution >= 4 is 17.9 Å². The number of rotatable bonds is 6. The molecule has 2 aliphatic heterocycles. The predicted molar refractivity (Wildman–Crippen MR) is 87.0 cm³/mol. The number of hydrogen-bond donors (Lipinski definition) is 0. The van der Waals surface area contributed by atoms with Gasteiger partial charge in [0.1, 0.15) is 12.7 Å². The molecular weight excluding hydrogens is 364 g/mol. The second-order valence-corrected chi connectivity index (χ2v) is 6.72. The van der Waals surface area contributed by atoms with Crippen molar-refractivity contribution in [3.63, 3.8) is 0 Å². The fourth-order valence-corrected chi connectivity index (χ4v) is 3.06. The molecule has 1 unspecified atom stereocenters. The highest BCUT2D eigenvalue weighted by Crippen LogP contribution is 2.40. The first-order chi connectivity index (χ1) is 12.5. The number of carbonyl (C=O) groups is 3. The Morgan fingerprint density at radius 3 is 2.07 bits per heavy atom. The van der Waals surface area contributed by atoms with E-state index in [0.29, 0.717) is 0 Å². The Hall–Kier alpha value is -1.75. The second-order valence-electron chi connectivity index (χ2n) is 6.72. The molecule has 10 nitrogen and oxygen atoms in total. The highest BCUT2D eigenvalue weighted by Gasteiger charge is 2.59. The van der Waals surface area contributed by atoms with Gasteiger partial charge in [-0.05, 0) is 13.8 Å². The average Bonchev–Trinajstić information content (AvgIpc) is 2.81. The molecule has 0 aliphatic carbocycles. The first-order valence-corrected chi connectivity index (χ1v) is 8.67. The lowest BCUT2D eigenvalue weighted by Crippen LogP contribution is -2.60. The molecule has 0 spiro atoms. The van der Waals surface area contributed by atoms with Gasteiger partial charge in [-0.25, -0.2) is 0 Å². The third-order valence-corrected chi connectivity index (χ3v) is 3.78. The molecular formula is C17H26O10. The summed E-state index contributed by atoms with van der Waals surface area (Å²) < 4.78 is 38.6. The standard InChI is InChI=1S/C17H26O10/c1-8(2)25-17(6)26-15-14(23-11(5)20)13(22-10(4)19)12(7-21-9(3)18)24-16(15)27-17/h8,12-16H,7H2,1-6H3/t12-,13-,14+,15-,16+,17?/m1/s1. The zero-order valence-electron chi connectivity index (χ0n) is 16.3. The Kier molecular flexibility index (Phi) is 6.79. The second kappa shape index (κ2) is 8.51. The molecule has 0 N–H and O–H groups in total. The lowest BCUT2D eigenvalue weighted by atomic mass is 9.98. The zero-order chi connectivity index (χ0) is 20.4. The van der Waals surface area contributed by atoms with Crippen LogP contribution in [0, 0.1) is 0 Å². The molecule has 2 fully saturated rings. The van der Waals surface area contributed by atoms with Gasteiger partial charge in [-0.15, -0.1) is 0 Å². The molecule has 154 valence electrons. The van der Waals surface area contributed by atoms with Crippen LogP contribution in [0.2, 0.25) is 0 Å². The van der Waals surface area contributed by atoms with E-state index in [0.717, 1.165) is 0 Å². The van der Waals surface area contributed by atoms with E-state index in [9.17, 15) is 14.4 Å². The van der Waals surface area contributed by atoms with Gasteiger partial charge in [-0.2, -0.15) is 0 Å². The Labute approximate surface area is 157 Å². The summed E-state index contributed by atoms with van der Waals surface area (Å²) in [5, 5.41) is 0. The third-order valence-electron chi connectivity index (χ3n) is 3.78. The van der Waals surface area contributed by atoms with Crippen LogP contribution in [0.15, 0.2) is 0 Å². The summed E-state index contributed by atoms with van der Waals surface area (Å²) >= 11 is 0. The summed E-state index contributed by atoms with van der Waals surface area (Å²) in [5.74, 6) is -3.21. The number of ether oxygens (including phenoxy) is 7. The average molecular weight is 390 g/mol. The highest BCUT2D eigenvalue weighted by atomic mass is 16.9. The number of hydrogen-bond acceptors (Lipinski definition) is 10. The minimum Gasteiger partial charge on any atom is -0.463 e. The van der Waals surface area contributed by atoms with Crippen molar-refractivity contribution in [1.29, 1.82) is 0 Å². The smallest absolute Gasteiger partial charge is 0.303 e. The van der Waals surface area contributed by atoms with Gasteiger partial charge in [0.15, 0.2) is 24.6 Å². The van der Waals surface area contributed by atoms with Crippen molar-refractivity contribution in [3.8, 4) is 0 Å². The Bertz CT molecular complexity index is 576. The van der Waals surface area contributed by atoms with Crippen LogP contribution in [-0.4, -0.2) is 67.3 Å². The molecule has 2 rings (SSSR count). The minimum absolute atomic E-state index is 0.219. The molecule has 6 atom stereocenters. The van der Waals surface area contributed by atoms with Crippen LogP contribution in [0.5, 0.6) is 0 Å². The molecule has 2 heterocycles. The minimum atomic E-state index is -1.45. The van der Waals surface area contributed by atoms with Crippen molar-refractivity contribution in [2.75, 3.05) is 6.61 Å². The van der Waals surface area contributed by atoms with Gasteiger partial charge in [0, 0.05) is 27.7 Å². The van der Waals surface area contributed by atoms with Gasteiger partial charge in [0.05, 0.1) is 6.10 Å². The zero-order valence-corrected chi connectivity index (χ0v) is 16.3. The van der Waals surface area contributed by atoms with Crippen LogP contribution in [0.1, 0.15) is 41.5 Å². The first kappa shape index (κ1) is 21.5. The van der Waals surface area contributed by atoms with E-state index < -0.39 is 54.6 Å². The summed E-state index contributed by atoms with van der Waals surface area (Å²) in [6.07, 6.45) is -5.13. The van der Waals surface area contributed by atoms with Crippen LogP contribution in [0.25, 0.3) is 0 Å². The molecule has 0 radical (unpaired) electrons. The van der Waals surface area contributed by atoms with Crippen LogP contribution in [-0.2, 0) is 47.5 Å². The third kappa shape index (κ3) is 5.61. The lowest BCUT2D eigenvalue weighted by molar-refractivity contribution is -0.355. The van der Waals surface area contributed by atoms with E-state index in [1.165, 1.54) is 20.8 Å². The van der Waals surface area contributed by atoms with Crippen LogP contribution in [0.3, 0.4) is 0 Å². The van der Waals surface area contributed by atoms with Gasteiger partial charge >= 0.3 is 17.9 Å². The SMILES string of the molecule is CC(=O)OC[C@H]1O[C@H]2OC(C)(OC(C)C)O[C@@H]2[C@@H](OC(C)=O)[C@@H]1OC(C)=O. The first-order valence-electron chi connectivity index (χ1n) is 8.67. The summed E-state index contributed by atoms with van der Waals surface area (Å²) in [5.41, 5.74) is 0. The normalized spacial score (nSPS) is 35.4. The molecule has 0 aromatic carbocycles. The topological polar surface area (TPSA) is 116 Å². The van der Waals surface area contributed by atoms with Gasteiger partial charge in [0.2, 0.25) is 0 Å². The summed E-state index contributed by atoms with van der Waals surface area (Å²) in [7, 11) is 0. The van der Waals surface area contributed by atoms with Gasteiger partial charge in [-0.1, -0.05) is 0 Å². The summed E-state index contributed by atoms with van der Waals surface area (Å²) in [6.45, 7) is 8.60. The maximum absolute atomic E-state index is 11.6. The number of fused-ring (bicyclic) bond motifs is 1. The predicted octanol–water partition coefficient (Wildman–Crippen LogP) is 0.652. The van der Waals surface area contributed by atoms with Crippen molar-refractivity contribution in [3.05, 3.63) is 0 Å². The van der Waals surface area contributed by atoms with E-state index in [2.05, 4.69) is 0 Å². The molecule has 0 saturated carbocycles. The Morgan fingerprint density at radius 1 is 0.963 bits per heavy atom. The molecule has 0 amide bonds. The van der Waals surface area contributed by atoms with E-state index in [-0.39, 0.29) is 12.7 Å². The molecule has 0 bridgehead atoms. The van der Waals surface area contributed by atoms with Gasteiger partial charge in [0.25, 0.3) is 5.97 Å². The van der Waals surface area contributed by atoms with Crippen LogP contribution < -0.4 is 0 Å². The van der Waals surface area contributed by atoms with Crippen molar-refractivity contribution in [1.82, 2.24) is 0 Å². The fraction of sp³-hybridized carbons (Fsp3) is 0.824. The van der Waals surface area contributed by atoms with Crippen LogP contribution in [0.4, 0.5) is 0 Å². The summed E-state index contributed by atoms with van der Waals surface area (Å²) in [6, 6.07) is 0. The highest BCUT2D eigenvalue weighted by molar-refractivity contribution is 5.67. The van der Waals surface area contributed by atoms with E-state index >= 15 is 0 Å². The summed E-state index contributed by atoms with van der Waals surface area (Å²) in [4.78, 5) is 34.4. The fourth-order valence-electron chi connectivity index (χ4n) is 3.06. The van der Waals surface area contributed by atoms with E-state index in [1.807, 2.05) is 0 Å². The van der Waals surface area contributed by atoms with Crippen LogP contribution >= 0.6 is 0 Å². The van der Waals surface area contributed by atoms with E-state index in [1.54, 1.807) is 20.8 Å². The van der Waals surface area contributed by atoms with Gasteiger partial charge in [-0.3, -0.25) is 19.1 Å². The monoisotopic (exact) mass is 390 g/mol. The lowest BCUT2D eigenvalue weighted by Gasteiger charge is -2.40. The molecule has 10 heteroatoms. The Morgan fingerprint density at radius 2 is 1.56 bits per heavy atom. The molecule has 2 saturated heterocycles. The number of esters is 3. The number of carbonyl (C=O) groups excluding carboxylic acids is 3. The molecule has 0 aromatic rings. The molecule has 0 aromatic heterocycles. The van der Waals surface area contributed by atoms with Crippen molar-refractivity contribution < 1.29 is 47.5 Å². The molecule has 2 aliphatic rings. The maximum atomic E-state index is 11.6. The maximum Gasteiger partial charge on any atom is 0.303 e. The Balaban J connectivity index is 2.30. The van der Waals surface area contributed by atoms with E-state index in [4.69, 9.17) is 33.2 Å². The van der Waals surface area contributed by atoms with Crippen molar-refractivity contribution in [2.45, 2.75) is 84.3 Å². The van der Waals surface area contributed by atoms with Crippen molar-refractivity contribution in [2.24, 2.45) is 0 Å². The molecule has 27 heavy (non-hydrogen) atoms. The van der Waals surface area contributed by atoms with Gasteiger partial charge < -0.3 is 28.4 Å². The largest absolute Gasteiger partial charge is 0.463 e. The quantitative estimate of drug-likeness (QED) is 0.473.